The number of amides is 2. The lowest BCUT2D eigenvalue weighted by molar-refractivity contribution is -0.115. The van der Waals surface area contributed by atoms with Crippen molar-refractivity contribution in [2.45, 2.75) is 0 Å². The smallest absolute Gasteiger partial charge is 0.253 e. The van der Waals surface area contributed by atoms with Crippen molar-refractivity contribution in [2.75, 3.05) is 11.9 Å². The van der Waals surface area contributed by atoms with Crippen LogP contribution in [0.15, 0.2) is 42.7 Å². The molecule has 0 atom stereocenters. The number of anilines is 1. The molecule has 0 aliphatic carbocycles. The molecule has 0 aliphatic rings. The summed E-state index contributed by atoms with van der Waals surface area (Å²) in [5, 5.41) is 5.88. The van der Waals surface area contributed by atoms with Crippen molar-refractivity contribution < 1.29 is 9.59 Å². The Balaban J connectivity index is 1.89. The number of nitrogens with one attached hydrogen (secondary N) is 2. The maximum atomic E-state index is 11.8. The van der Waals surface area contributed by atoms with Gasteiger partial charge in [-0.25, -0.2) is 0 Å². The monoisotopic (exact) mass is 323 g/mol. The van der Waals surface area contributed by atoms with Gasteiger partial charge in [0, 0.05) is 17.4 Å². The Morgan fingerprint density at radius 1 is 1.19 bits per heavy atom. The average Bonchev–Trinajstić information content (AvgIpc) is 2.48. The maximum absolute atomic E-state index is 11.8. The van der Waals surface area contributed by atoms with Crippen LogP contribution in [0.5, 0.6) is 0 Å². The molecule has 1 aromatic heterocycles. The zero-order valence-corrected chi connectivity index (χ0v) is 12.3. The van der Waals surface area contributed by atoms with Gasteiger partial charge in [-0.1, -0.05) is 23.2 Å². The van der Waals surface area contributed by atoms with Crippen molar-refractivity contribution in [3.05, 3.63) is 58.3 Å². The highest BCUT2D eigenvalue weighted by Gasteiger charge is 2.09. The highest BCUT2D eigenvalue weighted by atomic mass is 35.5. The number of hydrogen-bond donors (Lipinski definition) is 2. The van der Waals surface area contributed by atoms with Gasteiger partial charge in [0.05, 0.1) is 22.8 Å². The zero-order chi connectivity index (χ0) is 15.2. The molecule has 2 amide bonds. The van der Waals surface area contributed by atoms with Crippen molar-refractivity contribution >= 4 is 40.7 Å². The van der Waals surface area contributed by atoms with E-state index in [1.54, 1.807) is 30.5 Å². The summed E-state index contributed by atoms with van der Waals surface area (Å²) in [7, 11) is 0. The van der Waals surface area contributed by atoms with Crippen LogP contribution in [-0.4, -0.2) is 23.3 Å². The molecule has 2 rings (SSSR count). The lowest BCUT2D eigenvalue weighted by atomic mass is 10.2. The lowest BCUT2D eigenvalue weighted by Crippen LogP contribution is -2.32. The molecule has 0 bridgehead atoms. The summed E-state index contributed by atoms with van der Waals surface area (Å²) in [6.07, 6.45) is 2.98. The fourth-order valence-electron chi connectivity index (χ4n) is 1.54. The third kappa shape index (κ3) is 4.44. The van der Waals surface area contributed by atoms with E-state index in [9.17, 15) is 9.59 Å². The summed E-state index contributed by atoms with van der Waals surface area (Å²) in [5.74, 6) is -0.767. The molecule has 21 heavy (non-hydrogen) atoms. The Morgan fingerprint density at radius 3 is 2.67 bits per heavy atom. The SMILES string of the molecule is O=C(CNC(=O)c1cccnc1)Nc1ccc(Cl)cc1Cl. The van der Waals surface area contributed by atoms with Gasteiger partial charge in [0.1, 0.15) is 0 Å². The van der Waals surface area contributed by atoms with Gasteiger partial charge in [-0.15, -0.1) is 0 Å². The highest BCUT2D eigenvalue weighted by molar-refractivity contribution is 6.36. The molecule has 2 N–H and O–H groups in total. The van der Waals surface area contributed by atoms with Crippen LogP contribution in [0, 0.1) is 0 Å². The van der Waals surface area contributed by atoms with Crippen LogP contribution in [-0.2, 0) is 4.79 Å². The Labute approximate surface area is 131 Å². The number of nitrogens with zero attached hydrogens (tertiary/aromatic N) is 1. The highest BCUT2D eigenvalue weighted by Crippen LogP contribution is 2.25. The van der Waals surface area contributed by atoms with E-state index in [0.717, 1.165) is 0 Å². The second-order valence-electron chi connectivity index (χ2n) is 4.10. The van der Waals surface area contributed by atoms with Gasteiger partial charge in [0.2, 0.25) is 5.91 Å². The summed E-state index contributed by atoms with van der Waals surface area (Å²) >= 11 is 11.7. The molecule has 7 heteroatoms. The molecule has 108 valence electrons. The predicted octanol–water partition coefficient (Wildman–Crippen LogP) is 2.76. The van der Waals surface area contributed by atoms with Crippen LogP contribution in [0.1, 0.15) is 10.4 Å². The molecule has 0 unspecified atom stereocenters. The normalized spacial score (nSPS) is 10.0. The van der Waals surface area contributed by atoms with Crippen molar-refractivity contribution in [3.8, 4) is 0 Å². The summed E-state index contributed by atoms with van der Waals surface area (Å²) < 4.78 is 0. The van der Waals surface area contributed by atoms with E-state index in [1.165, 1.54) is 12.3 Å². The maximum Gasteiger partial charge on any atom is 0.253 e. The molecule has 0 aliphatic heterocycles. The summed E-state index contributed by atoms with van der Waals surface area (Å²) in [6.45, 7) is -0.174. The van der Waals surface area contributed by atoms with Gasteiger partial charge < -0.3 is 10.6 Å². The van der Waals surface area contributed by atoms with Crippen molar-refractivity contribution in [2.24, 2.45) is 0 Å². The van der Waals surface area contributed by atoms with E-state index in [2.05, 4.69) is 15.6 Å². The zero-order valence-electron chi connectivity index (χ0n) is 10.8. The summed E-state index contributed by atoms with van der Waals surface area (Å²) in [4.78, 5) is 27.3. The topological polar surface area (TPSA) is 71.1 Å². The first-order chi connectivity index (χ1) is 10.1. The number of pyridine rings is 1. The van der Waals surface area contributed by atoms with E-state index in [-0.39, 0.29) is 12.5 Å². The molecule has 0 saturated carbocycles. The quantitative estimate of drug-likeness (QED) is 0.908. The van der Waals surface area contributed by atoms with Gasteiger partial charge in [-0.05, 0) is 30.3 Å². The second kappa shape index (κ2) is 7.06. The van der Waals surface area contributed by atoms with Crippen LogP contribution in [0.2, 0.25) is 10.0 Å². The van der Waals surface area contributed by atoms with Crippen LogP contribution < -0.4 is 10.6 Å². The summed E-state index contributed by atoms with van der Waals surface area (Å²) in [6, 6.07) is 7.97. The molecule has 1 aromatic carbocycles. The fourth-order valence-corrected chi connectivity index (χ4v) is 2.00. The van der Waals surface area contributed by atoms with E-state index in [1.807, 2.05) is 0 Å². The van der Waals surface area contributed by atoms with Gasteiger partial charge >= 0.3 is 0 Å². The second-order valence-corrected chi connectivity index (χ2v) is 4.94. The lowest BCUT2D eigenvalue weighted by Gasteiger charge is -2.08. The van der Waals surface area contributed by atoms with Gasteiger partial charge in [0.25, 0.3) is 5.91 Å². The third-order valence-electron chi connectivity index (χ3n) is 2.54. The molecule has 2 aromatic rings. The van der Waals surface area contributed by atoms with Gasteiger partial charge in [0.15, 0.2) is 0 Å². The number of hydrogen-bond acceptors (Lipinski definition) is 3. The molecular formula is C14H11Cl2N3O2. The first-order valence-electron chi connectivity index (χ1n) is 5.99. The molecule has 0 radical (unpaired) electrons. The molecule has 0 saturated heterocycles. The Morgan fingerprint density at radius 2 is 2.00 bits per heavy atom. The fraction of sp³-hybridized carbons (Fsp3) is 0.0714. The van der Waals surface area contributed by atoms with E-state index in [4.69, 9.17) is 23.2 Å². The molecule has 0 spiro atoms. The summed E-state index contributed by atoms with van der Waals surface area (Å²) in [5.41, 5.74) is 0.816. The van der Waals surface area contributed by atoms with E-state index >= 15 is 0 Å². The van der Waals surface area contributed by atoms with Crippen LogP contribution in [0.3, 0.4) is 0 Å². The Hall–Kier alpha value is -2.11. The number of benzene rings is 1. The first kappa shape index (κ1) is 15.3. The van der Waals surface area contributed by atoms with E-state index < -0.39 is 5.91 Å². The third-order valence-corrected chi connectivity index (χ3v) is 3.09. The van der Waals surface area contributed by atoms with Crippen LogP contribution >= 0.6 is 23.2 Å². The molecule has 5 nitrogen and oxygen atoms in total. The van der Waals surface area contributed by atoms with Crippen molar-refractivity contribution in [1.29, 1.82) is 0 Å². The molecule has 0 fully saturated rings. The minimum atomic E-state index is -0.392. The minimum Gasteiger partial charge on any atom is -0.343 e. The first-order valence-corrected chi connectivity index (χ1v) is 6.75. The number of carbonyl (C=O) groups is 2. The van der Waals surface area contributed by atoms with Crippen molar-refractivity contribution in [1.82, 2.24) is 10.3 Å². The molecule has 1 heterocycles. The Kier molecular flexibility index (Phi) is 5.14. The van der Waals surface area contributed by atoms with Crippen LogP contribution in [0.4, 0.5) is 5.69 Å². The number of halogens is 2. The standard InChI is InChI=1S/C14H11Cl2N3O2/c15-10-3-4-12(11(16)6-10)19-13(20)8-18-14(21)9-2-1-5-17-7-9/h1-7H,8H2,(H,18,21)(H,19,20). The van der Waals surface area contributed by atoms with Gasteiger partial charge in [-0.3, -0.25) is 14.6 Å². The van der Waals surface area contributed by atoms with Crippen LogP contribution in [0.25, 0.3) is 0 Å². The average molecular weight is 324 g/mol. The predicted molar refractivity (Wildman–Crippen MR) is 81.7 cm³/mol. The number of carbonyl (C=O) groups excluding carboxylic acids is 2. The van der Waals surface area contributed by atoms with E-state index in [0.29, 0.717) is 21.3 Å². The number of aromatic nitrogens is 1. The van der Waals surface area contributed by atoms with Gasteiger partial charge in [-0.2, -0.15) is 0 Å². The molecular weight excluding hydrogens is 313 g/mol. The Bertz CT molecular complexity index is 663. The van der Waals surface area contributed by atoms with Crippen molar-refractivity contribution in [3.63, 3.8) is 0 Å². The minimum absolute atomic E-state index is 0.174. The number of rotatable bonds is 4. The largest absolute Gasteiger partial charge is 0.343 e.